The summed E-state index contributed by atoms with van der Waals surface area (Å²) in [5, 5.41) is 3.33. The number of methoxy groups -OCH3 is 1. The topological polar surface area (TPSA) is 30.5 Å². The molecule has 1 fully saturated rings. The highest BCUT2D eigenvalue weighted by molar-refractivity contribution is 5.39. The van der Waals surface area contributed by atoms with Crippen LogP contribution in [0.5, 0.6) is 11.5 Å². The Labute approximate surface area is 96.8 Å². The number of piperidine rings is 1. The van der Waals surface area contributed by atoms with Crippen LogP contribution in [-0.2, 0) is 0 Å². The number of nitrogens with one attached hydrogen (secondary N) is 1. The van der Waals surface area contributed by atoms with Crippen LogP contribution in [0.3, 0.4) is 0 Å². The Hall–Kier alpha value is -1.22. The van der Waals surface area contributed by atoms with Crippen molar-refractivity contribution in [2.45, 2.75) is 25.9 Å². The molecule has 0 aliphatic carbocycles. The van der Waals surface area contributed by atoms with Gasteiger partial charge in [0, 0.05) is 0 Å². The van der Waals surface area contributed by atoms with Crippen molar-refractivity contribution >= 4 is 0 Å². The first-order valence-corrected chi connectivity index (χ1v) is 5.81. The van der Waals surface area contributed by atoms with Crippen LogP contribution in [0.25, 0.3) is 0 Å². The summed E-state index contributed by atoms with van der Waals surface area (Å²) in [6.45, 7) is 4.17. The van der Waals surface area contributed by atoms with Crippen LogP contribution in [0.2, 0.25) is 0 Å². The molecule has 1 N–H and O–H groups in total. The summed E-state index contributed by atoms with van der Waals surface area (Å²) in [6, 6.07) is 5.95. The summed E-state index contributed by atoms with van der Waals surface area (Å²) in [4.78, 5) is 0. The highest BCUT2D eigenvalue weighted by atomic mass is 16.5. The molecule has 3 nitrogen and oxygen atoms in total. The van der Waals surface area contributed by atoms with Gasteiger partial charge in [0.1, 0.15) is 17.6 Å². The van der Waals surface area contributed by atoms with E-state index in [-0.39, 0.29) is 0 Å². The van der Waals surface area contributed by atoms with Crippen LogP contribution in [0.1, 0.15) is 18.4 Å². The number of ether oxygens (including phenoxy) is 2. The van der Waals surface area contributed by atoms with E-state index in [0.717, 1.165) is 43.0 Å². The van der Waals surface area contributed by atoms with E-state index in [9.17, 15) is 0 Å². The van der Waals surface area contributed by atoms with Crippen molar-refractivity contribution in [3.63, 3.8) is 0 Å². The van der Waals surface area contributed by atoms with Gasteiger partial charge in [-0.05, 0) is 56.6 Å². The van der Waals surface area contributed by atoms with Crippen LogP contribution in [0, 0.1) is 6.92 Å². The fourth-order valence-corrected chi connectivity index (χ4v) is 1.97. The molecule has 0 amide bonds. The molecule has 0 bridgehead atoms. The fraction of sp³-hybridized carbons (Fsp3) is 0.538. The molecule has 0 aromatic heterocycles. The van der Waals surface area contributed by atoms with Crippen molar-refractivity contribution in [1.82, 2.24) is 5.32 Å². The molecular weight excluding hydrogens is 202 g/mol. The van der Waals surface area contributed by atoms with E-state index in [0.29, 0.717) is 6.10 Å². The van der Waals surface area contributed by atoms with Gasteiger partial charge in [-0.15, -0.1) is 0 Å². The van der Waals surface area contributed by atoms with E-state index >= 15 is 0 Å². The molecule has 16 heavy (non-hydrogen) atoms. The lowest BCUT2D eigenvalue weighted by Crippen LogP contribution is -2.34. The Morgan fingerprint density at radius 3 is 2.62 bits per heavy atom. The SMILES string of the molecule is COc1ccc(OC2CCNCC2)c(C)c1. The normalized spacial score (nSPS) is 17.1. The summed E-state index contributed by atoms with van der Waals surface area (Å²) in [5.74, 6) is 1.86. The van der Waals surface area contributed by atoms with Gasteiger partial charge in [-0.1, -0.05) is 0 Å². The minimum Gasteiger partial charge on any atom is -0.497 e. The average Bonchev–Trinajstić information content (AvgIpc) is 2.33. The highest BCUT2D eigenvalue weighted by Gasteiger charge is 2.15. The predicted molar refractivity (Wildman–Crippen MR) is 64.3 cm³/mol. The van der Waals surface area contributed by atoms with Gasteiger partial charge in [-0.25, -0.2) is 0 Å². The molecule has 1 aromatic carbocycles. The maximum atomic E-state index is 5.99. The monoisotopic (exact) mass is 221 g/mol. The second kappa shape index (κ2) is 5.21. The van der Waals surface area contributed by atoms with Crippen LogP contribution >= 0.6 is 0 Å². The quantitative estimate of drug-likeness (QED) is 0.848. The lowest BCUT2D eigenvalue weighted by atomic mass is 10.1. The van der Waals surface area contributed by atoms with E-state index in [4.69, 9.17) is 9.47 Å². The second-order valence-electron chi connectivity index (χ2n) is 4.20. The maximum Gasteiger partial charge on any atom is 0.122 e. The molecule has 0 radical (unpaired) electrons. The number of hydrogen-bond donors (Lipinski definition) is 1. The van der Waals surface area contributed by atoms with Crippen molar-refractivity contribution in [3.05, 3.63) is 23.8 Å². The molecule has 1 saturated heterocycles. The first-order valence-electron chi connectivity index (χ1n) is 5.81. The zero-order valence-electron chi connectivity index (χ0n) is 9.95. The Kier molecular flexibility index (Phi) is 3.67. The van der Waals surface area contributed by atoms with Crippen LogP contribution in [0.4, 0.5) is 0 Å². The summed E-state index contributed by atoms with van der Waals surface area (Å²) >= 11 is 0. The number of aryl methyl sites for hydroxylation is 1. The molecule has 1 heterocycles. The van der Waals surface area contributed by atoms with Gasteiger partial charge in [0.2, 0.25) is 0 Å². The summed E-state index contributed by atoms with van der Waals surface area (Å²) in [6.07, 6.45) is 2.53. The number of hydrogen-bond acceptors (Lipinski definition) is 3. The van der Waals surface area contributed by atoms with Crippen molar-refractivity contribution in [2.75, 3.05) is 20.2 Å². The first kappa shape index (κ1) is 11.3. The van der Waals surface area contributed by atoms with Crippen molar-refractivity contribution in [3.8, 4) is 11.5 Å². The van der Waals surface area contributed by atoms with E-state index in [1.807, 2.05) is 18.2 Å². The van der Waals surface area contributed by atoms with E-state index < -0.39 is 0 Å². The van der Waals surface area contributed by atoms with E-state index in [2.05, 4.69) is 12.2 Å². The standard InChI is InChI=1S/C13H19NO2/c1-10-9-12(15-2)3-4-13(10)16-11-5-7-14-8-6-11/h3-4,9,11,14H,5-8H2,1-2H3. The molecule has 1 aromatic rings. The molecule has 0 unspecified atom stereocenters. The Morgan fingerprint density at radius 1 is 1.25 bits per heavy atom. The Morgan fingerprint density at radius 2 is 2.00 bits per heavy atom. The molecule has 3 heteroatoms. The van der Waals surface area contributed by atoms with Gasteiger partial charge in [-0.3, -0.25) is 0 Å². The third-order valence-corrected chi connectivity index (χ3v) is 2.96. The second-order valence-corrected chi connectivity index (χ2v) is 4.20. The fourth-order valence-electron chi connectivity index (χ4n) is 1.97. The summed E-state index contributed by atoms with van der Waals surface area (Å²) in [5.41, 5.74) is 1.14. The van der Waals surface area contributed by atoms with E-state index in [1.54, 1.807) is 7.11 Å². The van der Waals surface area contributed by atoms with Gasteiger partial charge >= 0.3 is 0 Å². The molecule has 2 rings (SSSR count). The highest BCUT2D eigenvalue weighted by Crippen LogP contribution is 2.25. The van der Waals surface area contributed by atoms with Crippen LogP contribution in [0.15, 0.2) is 18.2 Å². The van der Waals surface area contributed by atoms with Gasteiger partial charge in [0.25, 0.3) is 0 Å². The lowest BCUT2D eigenvalue weighted by molar-refractivity contribution is 0.161. The summed E-state index contributed by atoms with van der Waals surface area (Å²) < 4.78 is 11.2. The van der Waals surface area contributed by atoms with Gasteiger partial charge in [0.05, 0.1) is 7.11 Å². The third kappa shape index (κ3) is 2.67. The van der Waals surface area contributed by atoms with Gasteiger partial charge in [0.15, 0.2) is 0 Å². The zero-order chi connectivity index (χ0) is 11.4. The number of benzene rings is 1. The minimum absolute atomic E-state index is 0.355. The zero-order valence-corrected chi connectivity index (χ0v) is 9.95. The summed E-state index contributed by atoms with van der Waals surface area (Å²) in [7, 11) is 1.68. The molecule has 0 spiro atoms. The number of rotatable bonds is 3. The van der Waals surface area contributed by atoms with Gasteiger partial charge in [-0.2, -0.15) is 0 Å². The maximum absolute atomic E-state index is 5.99. The van der Waals surface area contributed by atoms with Gasteiger partial charge < -0.3 is 14.8 Å². The van der Waals surface area contributed by atoms with E-state index in [1.165, 1.54) is 0 Å². The predicted octanol–water partition coefficient (Wildman–Crippen LogP) is 2.13. The molecule has 0 atom stereocenters. The van der Waals surface area contributed by atoms with Crippen molar-refractivity contribution < 1.29 is 9.47 Å². The Balaban J connectivity index is 2.03. The molecule has 0 saturated carbocycles. The molecule has 1 aliphatic rings. The smallest absolute Gasteiger partial charge is 0.122 e. The first-order chi connectivity index (χ1) is 7.79. The van der Waals surface area contributed by atoms with Crippen molar-refractivity contribution in [2.24, 2.45) is 0 Å². The molecule has 88 valence electrons. The molecule has 1 aliphatic heterocycles. The minimum atomic E-state index is 0.355. The van der Waals surface area contributed by atoms with Crippen LogP contribution in [-0.4, -0.2) is 26.3 Å². The average molecular weight is 221 g/mol. The third-order valence-electron chi connectivity index (χ3n) is 2.96. The largest absolute Gasteiger partial charge is 0.497 e. The lowest BCUT2D eigenvalue weighted by Gasteiger charge is -2.24. The Bertz CT molecular complexity index is 346. The van der Waals surface area contributed by atoms with Crippen LogP contribution < -0.4 is 14.8 Å². The molecular formula is C13H19NO2. The van der Waals surface area contributed by atoms with Crippen molar-refractivity contribution in [1.29, 1.82) is 0 Å².